The quantitative estimate of drug-likeness (QED) is 0.741. The predicted molar refractivity (Wildman–Crippen MR) is 48.7 cm³/mol. The van der Waals surface area contributed by atoms with Gasteiger partial charge >= 0.3 is 0 Å². The average Bonchev–Trinajstić information content (AvgIpc) is 2.86. The first-order valence-corrected chi connectivity index (χ1v) is 4.60. The summed E-state index contributed by atoms with van der Waals surface area (Å²) in [6.45, 7) is 1.70. The number of hydrogen-bond acceptors (Lipinski definition) is 1. The molecule has 1 aliphatic rings. The maximum Gasteiger partial charge on any atom is 0.129 e. The molecule has 0 amide bonds. The summed E-state index contributed by atoms with van der Waals surface area (Å²) in [6, 6.07) is 6.46. The zero-order chi connectivity index (χ0) is 9.47. The zero-order valence-corrected chi connectivity index (χ0v) is 7.63. The Morgan fingerprint density at radius 1 is 1.38 bits per heavy atom. The van der Waals surface area contributed by atoms with Gasteiger partial charge in [0.2, 0.25) is 0 Å². The molecule has 1 saturated carbocycles. The van der Waals surface area contributed by atoms with Gasteiger partial charge in [-0.05, 0) is 31.7 Å². The molecule has 2 rings (SSSR count). The fourth-order valence-electron chi connectivity index (χ4n) is 1.74. The Kier molecular flexibility index (Phi) is 1.88. The van der Waals surface area contributed by atoms with Crippen molar-refractivity contribution in [3.63, 3.8) is 0 Å². The van der Waals surface area contributed by atoms with Crippen molar-refractivity contribution in [1.29, 1.82) is 0 Å². The van der Waals surface area contributed by atoms with E-state index in [1.54, 1.807) is 25.1 Å². The van der Waals surface area contributed by atoms with Gasteiger partial charge in [0.1, 0.15) is 5.82 Å². The van der Waals surface area contributed by atoms with Gasteiger partial charge in [-0.2, -0.15) is 0 Å². The highest BCUT2D eigenvalue weighted by molar-refractivity contribution is 5.25. The van der Waals surface area contributed by atoms with Crippen molar-refractivity contribution in [2.24, 2.45) is 5.92 Å². The number of halogens is 1. The molecule has 1 fully saturated rings. The first-order valence-electron chi connectivity index (χ1n) is 4.60. The minimum absolute atomic E-state index is 0.240. The normalized spacial score (nSPS) is 21.2. The van der Waals surface area contributed by atoms with Crippen LogP contribution in [0.4, 0.5) is 4.39 Å². The third-order valence-electron chi connectivity index (χ3n) is 2.79. The van der Waals surface area contributed by atoms with Crippen LogP contribution in [0.3, 0.4) is 0 Å². The summed E-state index contributed by atoms with van der Waals surface area (Å²) in [4.78, 5) is 0. The van der Waals surface area contributed by atoms with Crippen LogP contribution in [0.25, 0.3) is 0 Å². The van der Waals surface area contributed by atoms with Crippen molar-refractivity contribution in [2.75, 3.05) is 0 Å². The van der Waals surface area contributed by atoms with Crippen molar-refractivity contribution >= 4 is 0 Å². The van der Waals surface area contributed by atoms with Crippen LogP contribution in [0.1, 0.15) is 25.3 Å². The molecule has 0 bridgehead atoms. The Labute approximate surface area is 77.2 Å². The Morgan fingerprint density at radius 3 is 2.54 bits per heavy atom. The van der Waals surface area contributed by atoms with Crippen LogP contribution in [0.2, 0.25) is 0 Å². The van der Waals surface area contributed by atoms with E-state index >= 15 is 0 Å². The van der Waals surface area contributed by atoms with Crippen molar-refractivity contribution in [3.05, 3.63) is 35.6 Å². The summed E-state index contributed by atoms with van der Waals surface area (Å²) >= 11 is 0. The smallest absolute Gasteiger partial charge is 0.129 e. The minimum atomic E-state index is -0.981. The summed E-state index contributed by atoms with van der Waals surface area (Å²) < 4.78 is 13.3. The molecule has 0 heterocycles. The van der Waals surface area contributed by atoms with Gasteiger partial charge in [0.25, 0.3) is 0 Å². The Bertz CT molecular complexity index is 316. The van der Waals surface area contributed by atoms with E-state index in [4.69, 9.17) is 0 Å². The second-order valence-corrected chi connectivity index (χ2v) is 3.90. The summed E-state index contributed by atoms with van der Waals surface area (Å²) in [5, 5.41) is 10.1. The van der Waals surface area contributed by atoms with Crippen LogP contribution < -0.4 is 0 Å². The maximum atomic E-state index is 13.3. The molecule has 1 unspecified atom stereocenters. The summed E-state index contributed by atoms with van der Waals surface area (Å²) in [5.41, 5.74) is -0.553. The predicted octanol–water partition coefficient (Wildman–Crippen LogP) is 2.44. The van der Waals surface area contributed by atoms with Gasteiger partial charge in [0.15, 0.2) is 0 Å². The fraction of sp³-hybridized carbons (Fsp3) is 0.455. The topological polar surface area (TPSA) is 20.2 Å². The van der Waals surface area contributed by atoms with E-state index in [2.05, 4.69) is 0 Å². The molecule has 1 atom stereocenters. The van der Waals surface area contributed by atoms with Gasteiger partial charge in [-0.15, -0.1) is 0 Å². The van der Waals surface area contributed by atoms with E-state index in [-0.39, 0.29) is 11.7 Å². The van der Waals surface area contributed by atoms with Gasteiger partial charge in [0.05, 0.1) is 5.60 Å². The monoisotopic (exact) mass is 180 g/mol. The second-order valence-electron chi connectivity index (χ2n) is 3.90. The van der Waals surface area contributed by atoms with E-state index in [1.807, 2.05) is 0 Å². The van der Waals surface area contributed by atoms with E-state index in [0.29, 0.717) is 5.56 Å². The van der Waals surface area contributed by atoms with Crippen LogP contribution in [0.5, 0.6) is 0 Å². The van der Waals surface area contributed by atoms with Crippen molar-refractivity contribution < 1.29 is 9.50 Å². The Balaban J connectivity index is 2.38. The lowest BCUT2D eigenvalue weighted by Crippen LogP contribution is -2.25. The molecule has 0 radical (unpaired) electrons. The van der Waals surface area contributed by atoms with Gasteiger partial charge in [0, 0.05) is 5.56 Å². The number of benzene rings is 1. The van der Waals surface area contributed by atoms with E-state index in [1.165, 1.54) is 6.07 Å². The number of hydrogen-bond donors (Lipinski definition) is 1. The number of aliphatic hydroxyl groups is 1. The largest absolute Gasteiger partial charge is 0.385 e. The first-order chi connectivity index (χ1) is 6.12. The molecule has 1 aliphatic carbocycles. The van der Waals surface area contributed by atoms with Crippen molar-refractivity contribution in [2.45, 2.75) is 25.4 Å². The van der Waals surface area contributed by atoms with Crippen LogP contribution >= 0.6 is 0 Å². The lowest BCUT2D eigenvalue weighted by atomic mass is 9.90. The summed E-state index contributed by atoms with van der Waals surface area (Å²) in [5.74, 6) is -0.0659. The third-order valence-corrected chi connectivity index (χ3v) is 2.79. The lowest BCUT2D eigenvalue weighted by Gasteiger charge is -2.23. The molecule has 2 heteroatoms. The molecule has 1 aromatic carbocycles. The van der Waals surface area contributed by atoms with Crippen molar-refractivity contribution in [1.82, 2.24) is 0 Å². The molecule has 0 aromatic heterocycles. The van der Waals surface area contributed by atoms with Crippen LogP contribution in [-0.4, -0.2) is 5.11 Å². The van der Waals surface area contributed by atoms with Gasteiger partial charge in [-0.3, -0.25) is 0 Å². The summed E-state index contributed by atoms with van der Waals surface area (Å²) in [6.07, 6.45) is 2.00. The van der Waals surface area contributed by atoms with Crippen LogP contribution in [-0.2, 0) is 5.60 Å². The summed E-state index contributed by atoms with van der Waals surface area (Å²) in [7, 11) is 0. The third kappa shape index (κ3) is 1.46. The van der Waals surface area contributed by atoms with Gasteiger partial charge in [-0.25, -0.2) is 4.39 Å². The minimum Gasteiger partial charge on any atom is -0.385 e. The molecule has 1 aromatic rings. The van der Waals surface area contributed by atoms with E-state index < -0.39 is 5.60 Å². The van der Waals surface area contributed by atoms with Crippen LogP contribution in [0.15, 0.2) is 24.3 Å². The SMILES string of the molecule is CC(O)(c1ccccc1F)C1CC1. The van der Waals surface area contributed by atoms with Gasteiger partial charge < -0.3 is 5.11 Å². The highest BCUT2D eigenvalue weighted by Crippen LogP contribution is 2.45. The average molecular weight is 180 g/mol. The zero-order valence-electron chi connectivity index (χ0n) is 7.63. The molecule has 13 heavy (non-hydrogen) atoms. The van der Waals surface area contributed by atoms with Crippen molar-refractivity contribution in [3.8, 4) is 0 Å². The molecule has 1 nitrogen and oxygen atoms in total. The standard InChI is InChI=1S/C11H13FO/c1-11(13,8-6-7-8)9-4-2-3-5-10(9)12/h2-5,8,13H,6-7H2,1H3. The maximum absolute atomic E-state index is 13.3. The van der Waals surface area contributed by atoms with E-state index in [0.717, 1.165) is 12.8 Å². The first kappa shape index (κ1) is 8.70. The van der Waals surface area contributed by atoms with Gasteiger partial charge in [-0.1, -0.05) is 18.2 Å². The highest BCUT2D eigenvalue weighted by Gasteiger charge is 2.42. The lowest BCUT2D eigenvalue weighted by molar-refractivity contribution is 0.0295. The Morgan fingerprint density at radius 2 is 2.00 bits per heavy atom. The molecular formula is C11H13FO. The molecule has 0 saturated heterocycles. The van der Waals surface area contributed by atoms with Crippen LogP contribution in [0, 0.1) is 11.7 Å². The molecule has 0 spiro atoms. The highest BCUT2D eigenvalue weighted by atomic mass is 19.1. The molecule has 1 N–H and O–H groups in total. The van der Waals surface area contributed by atoms with E-state index in [9.17, 15) is 9.50 Å². The molecule has 70 valence electrons. The molecule has 0 aliphatic heterocycles. The molecular weight excluding hydrogens is 167 g/mol. The fourth-order valence-corrected chi connectivity index (χ4v) is 1.74. The number of rotatable bonds is 2. The second kappa shape index (κ2) is 2.81. The Hall–Kier alpha value is -0.890.